The molecule has 0 saturated heterocycles. The first-order valence-electron chi connectivity index (χ1n) is 9.48. The van der Waals surface area contributed by atoms with Crippen LogP contribution in [-0.2, 0) is 21.3 Å². The summed E-state index contributed by atoms with van der Waals surface area (Å²) in [7, 11) is -3.67. The van der Waals surface area contributed by atoms with E-state index in [0.717, 1.165) is 26.1 Å². The second-order valence-corrected chi connectivity index (χ2v) is 8.65. The van der Waals surface area contributed by atoms with Gasteiger partial charge in [-0.15, -0.1) is 0 Å². The van der Waals surface area contributed by atoms with Crippen LogP contribution in [0.25, 0.3) is 16.5 Å². The molecule has 7 nitrogen and oxygen atoms in total. The average molecular weight is 406 g/mol. The predicted molar refractivity (Wildman–Crippen MR) is 111 cm³/mol. The Morgan fingerprint density at radius 1 is 1.29 bits per heavy atom. The number of hydrogen-bond donors (Lipinski definition) is 3. The van der Waals surface area contributed by atoms with Crippen LogP contribution in [0.3, 0.4) is 0 Å². The summed E-state index contributed by atoms with van der Waals surface area (Å²) in [4.78, 5) is 18.0. The molecule has 0 radical (unpaired) electrons. The van der Waals surface area contributed by atoms with Crippen LogP contribution in [0.15, 0.2) is 30.5 Å². The number of H-pyrrole nitrogens is 1. The Morgan fingerprint density at radius 3 is 2.61 bits per heavy atom. The molecule has 2 aliphatic rings. The molecule has 8 heteroatoms. The summed E-state index contributed by atoms with van der Waals surface area (Å²) in [6.45, 7) is 6.37. The van der Waals surface area contributed by atoms with Crippen molar-refractivity contribution >= 4 is 32.5 Å². The lowest BCUT2D eigenvalue weighted by Gasteiger charge is -2.34. The lowest BCUT2D eigenvalue weighted by atomic mass is 9.80. The van der Waals surface area contributed by atoms with Gasteiger partial charge in [0, 0.05) is 42.8 Å². The Morgan fingerprint density at radius 2 is 1.96 bits per heavy atom. The van der Waals surface area contributed by atoms with Gasteiger partial charge in [-0.25, -0.2) is 0 Å². The van der Waals surface area contributed by atoms with E-state index < -0.39 is 10.1 Å². The highest BCUT2D eigenvalue weighted by Crippen LogP contribution is 2.38. The van der Waals surface area contributed by atoms with E-state index in [2.05, 4.69) is 40.8 Å². The zero-order valence-electron chi connectivity index (χ0n) is 16.4. The molecule has 0 saturated carbocycles. The van der Waals surface area contributed by atoms with Gasteiger partial charge in [0.05, 0.1) is 12.2 Å². The molecule has 2 atom stereocenters. The van der Waals surface area contributed by atoms with E-state index in [4.69, 9.17) is 4.55 Å². The number of amides is 1. The van der Waals surface area contributed by atoms with E-state index in [1.165, 1.54) is 27.6 Å². The first kappa shape index (κ1) is 20.6. The van der Waals surface area contributed by atoms with Gasteiger partial charge in [-0.3, -0.25) is 9.35 Å². The number of benzene rings is 1. The molecular formula is C20H27N3O4S. The topological polar surface area (TPSA) is 103 Å². The number of carbonyl (C=O) groups excluding carboxylic acids is 1. The largest absolute Gasteiger partial charge is 0.361 e. The number of hydrogen-bond acceptors (Lipinski definition) is 4. The van der Waals surface area contributed by atoms with Crippen LogP contribution >= 0.6 is 0 Å². The van der Waals surface area contributed by atoms with E-state index in [-0.39, 0.29) is 11.8 Å². The SMILES string of the molecule is CCN(CC)C(=O)[C@@H]1C=C2c3cccc4[nH]cc(c34)C[C@H]2NC1.CS(=O)(=O)O. The summed E-state index contributed by atoms with van der Waals surface area (Å²) in [5.41, 5.74) is 5.13. The summed E-state index contributed by atoms with van der Waals surface area (Å²) < 4.78 is 25.9. The number of rotatable bonds is 3. The highest BCUT2D eigenvalue weighted by atomic mass is 32.2. The van der Waals surface area contributed by atoms with Crippen LogP contribution in [0, 0.1) is 5.92 Å². The van der Waals surface area contributed by atoms with Gasteiger partial charge >= 0.3 is 0 Å². The Balaban J connectivity index is 0.000000403. The Hall–Kier alpha value is -2.16. The smallest absolute Gasteiger partial charge is 0.261 e. The Bertz CT molecular complexity index is 998. The third-order valence-corrected chi connectivity index (χ3v) is 5.26. The summed E-state index contributed by atoms with van der Waals surface area (Å²) in [5.74, 6) is 0.178. The van der Waals surface area contributed by atoms with E-state index in [1.54, 1.807) is 0 Å². The van der Waals surface area contributed by atoms with Crippen molar-refractivity contribution in [2.75, 3.05) is 25.9 Å². The molecule has 3 N–H and O–H groups in total. The molecule has 0 bridgehead atoms. The second-order valence-electron chi connectivity index (χ2n) is 7.18. The molecule has 1 aromatic heterocycles. The van der Waals surface area contributed by atoms with Gasteiger partial charge in [0.25, 0.3) is 10.1 Å². The highest BCUT2D eigenvalue weighted by Gasteiger charge is 2.33. The molecule has 1 aliphatic carbocycles. The fourth-order valence-corrected chi connectivity index (χ4v) is 4.04. The molecule has 0 spiro atoms. The van der Waals surface area contributed by atoms with Crippen LogP contribution in [0.2, 0.25) is 0 Å². The zero-order chi connectivity index (χ0) is 20.5. The minimum absolute atomic E-state index is 0.0584. The van der Waals surface area contributed by atoms with Crippen molar-refractivity contribution < 1.29 is 17.8 Å². The van der Waals surface area contributed by atoms with Crippen molar-refractivity contribution in [3.63, 3.8) is 0 Å². The lowest BCUT2D eigenvalue weighted by Crippen LogP contribution is -2.46. The summed E-state index contributed by atoms with van der Waals surface area (Å²) in [6, 6.07) is 6.73. The fourth-order valence-electron chi connectivity index (χ4n) is 4.04. The number of carbonyl (C=O) groups is 1. The van der Waals surface area contributed by atoms with Crippen LogP contribution in [0.1, 0.15) is 25.0 Å². The minimum Gasteiger partial charge on any atom is -0.361 e. The molecule has 4 rings (SSSR count). The van der Waals surface area contributed by atoms with Crippen molar-refractivity contribution in [1.29, 1.82) is 0 Å². The third-order valence-electron chi connectivity index (χ3n) is 5.26. The minimum atomic E-state index is -3.67. The molecule has 1 aromatic carbocycles. The molecule has 2 aromatic rings. The van der Waals surface area contributed by atoms with Gasteiger partial charge in [0.1, 0.15) is 0 Å². The maximum Gasteiger partial charge on any atom is 0.261 e. The van der Waals surface area contributed by atoms with E-state index >= 15 is 0 Å². The van der Waals surface area contributed by atoms with Crippen molar-refractivity contribution in [1.82, 2.24) is 15.2 Å². The Labute approximate surface area is 165 Å². The van der Waals surface area contributed by atoms with Crippen molar-refractivity contribution in [2.45, 2.75) is 26.3 Å². The quantitative estimate of drug-likeness (QED) is 0.679. The van der Waals surface area contributed by atoms with Gasteiger partial charge < -0.3 is 15.2 Å². The van der Waals surface area contributed by atoms with Crippen molar-refractivity contribution in [2.24, 2.45) is 5.92 Å². The van der Waals surface area contributed by atoms with Gasteiger partial charge in [-0.2, -0.15) is 8.42 Å². The normalized spacial score (nSPS) is 20.6. The number of nitrogens with one attached hydrogen (secondary N) is 2. The van der Waals surface area contributed by atoms with Gasteiger partial charge in [0.2, 0.25) is 5.91 Å². The Kier molecular flexibility index (Phi) is 5.92. The first-order chi connectivity index (χ1) is 13.2. The molecule has 0 fully saturated rings. The molecule has 152 valence electrons. The third kappa shape index (κ3) is 4.29. The van der Waals surface area contributed by atoms with E-state index in [9.17, 15) is 13.2 Å². The average Bonchev–Trinajstić information content (AvgIpc) is 3.05. The van der Waals surface area contributed by atoms with Crippen LogP contribution in [0.4, 0.5) is 0 Å². The molecule has 0 unspecified atom stereocenters. The van der Waals surface area contributed by atoms with Crippen molar-refractivity contribution in [3.8, 4) is 0 Å². The second kappa shape index (κ2) is 8.06. The first-order valence-corrected chi connectivity index (χ1v) is 11.3. The molecule has 28 heavy (non-hydrogen) atoms. The maximum absolute atomic E-state index is 12.7. The van der Waals surface area contributed by atoms with Crippen LogP contribution in [0.5, 0.6) is 0 Å². The summed E-state index contributed by atoms with van der Waals surface area (Å²) in [6.07, 6.45) is 6.05. The zero-order valence-corrected chi connectivity index (χ0v) is 17.2. The van der Waals surface area contributed by atoms with Crippen LogP contribution < -0.4 is 5.32 Å². The highest BCUT2D eigenvalue weighted by molar-refractivity contribution is 7.85. The monoisotopic (exact) mass is 405 g/mol. The lowest BCUT2D eigenvalue weighted by molar-refractivity contribution is -0.133. The van der Waals surface area contributed by atoms with Gasteiger partial charge in [0.15, 0.2) is 0 Å². The molecule has 2 heterocycles. The standard InChI is InChI=1S/C19H23N3O.CH4O3S/c1-3-22(4-2)19(23)13-8-15-14-6-5-7-16-18(14)12(10-20-16)9-17(15)21-11-13;1-5(2,3)4/h5-8,10,13,17,20-21H,3-4,9,11H2,1-2H3;1H3,(H,2,3,4)/t13-,17-;/m1./s1. The number of aromatic amines is 1. The summed E-state index contributed by atoms with van der Waals surface area (Å²) in [5, 5.41) is 4.93. The fraction of sp³-hybridized carbons (Fsp3) is 0.450. The maximum atomic E-state index is 12.7. The van der Waals surface area contributed by atoms with E-state index in [0.29, 0.717) is 12.3 Å². The number of aromatic nitrogens is 1. The molecule has 1 aliphatic heterocycles. The number of fused-ring (bicyclic) bond motifs is 2. The van der Waals surface area contributed by atoms with Crippen molar-refractivity contribution in [3.05, 3.63) is 41.6 Å². The summed E-state index contributed by atoms with van der Waals surface area (Å²) >= 11 is 0. The van der Waals surface area contributed by atoms with Crippen LogP contribution in [-0.4, -0.2) is 60.7 Å². The number of nitrogens with zero attached hydrogens (tertiary/aromatic N) is 1. The van der Waals surface area contributed by atoms with E-state index in [1.807, 2.05) is 18.7 Å². The predicted octanol–water partition coefficient (Wildman–Crippen LogP) is 2.07. The van der Waals surface area contributed by atoms with Gasteiger partial charge in [-0.1, -0.05) is 18.2 Å². The van der Waals surface area contributed by atoms with Gasteiger partial charge in [-0.05, 0) is 43.0 Å². The molecule has 1 amide bonds. The molecular weight excluding hydrogens is 378 g/mol.